The molecule has 1 aliphatic rings. The van der Waals surface area contributed by atoms with E-state index in [-0.39, 0.29) is 23.5 Å². The van der Waals surface area contributed by atoms with E-state index in [0.29, 0.717) is 5.69 Å². The lowest BCUT2D eigenvalue weighted by Crippen LogP contribution is -2.43. The molecule has 2 atom stereocenters. The quantitative estimate of drug-likeness (QED) is 0.653. The molecule has 5 heteroatoms. The summed E-state index contributed by atoms with van der Waals surface area (Å²) in [5.41, 5.74) is 6.14. The van der Waals surface area contributed by atoms with Crippen LogP contribution in [0.3, 0.4) is 0 Å². The average molecular weight is 278 g/mol. The fourth-order valence-electron chi connectivity index (χ4n) is 2.73. The molecule has 0 saturated heterocycles. The normalized spacial score (nSPS) is 22.8. The van der Waals surface area contributed by atoms with Crippen LogP contribution in [-0.4, -0.2) is 42.2 Å². The number of anilines is 1. The summed E-state index contributed by atoms with van der Waals surface area (Å²) >= 11 is 0. The van der Waals surface area contributed by atoms with Crippen molar-refractivity contribution in [1.82, 2.24) is 4.90 Å². The predicted octanol–water partition coefficient (Wildman–Crippen LogP) is 2.00. The van der Waals surface area contributed by atoms with Gasteiger partial charge in [-0.05, 0) is 45.5 Å². The van der Waals surface area contributed by atoms with Gasteiger partial charge in [-0.15, -0.1) is 0 Å². The van der Waals surface area contributed by atoms with E-state index in [1.807, 2.05) is 14.1 Å². The van der Waals surface area contributed by atoms with Gasteiger partial charge in [0.1, 0.15) is 17.4 Å². The fourth-order valence-corrected chi connectivity index (χ4v) is 2.73. The molecule has 1 aromatic rings. The van der Waals surface area contributed by atoms with Gasteiger partial charge in [0.15, 0.2) is 0 Å². The highest BCUT2D eigenvalue weighted by atomic mass is 16.5. The molecule has 1 saturated carbocycles. The number of benzene rings is 1. The average Bonchev–Trinajstić information content (AvgIpc) is 2.38. The Kier molecular flexibility index (Phi) is 4.49. The van der Waals surface area contributed by atoms with Crippen LogP contribution in [-0.2, 0) is 4.74 Å². The first-order valence-corrected chi connectivity index (χ1v) is 6.95. The molecule has 0 amide bonds. The minimum atomic E-state index is -0.485. The first-order valence-electron chi connectivity index (χ1n) is 6.95. The van der Waals surface area contributed by atoms with E-state index in [1.165, 1.54) is 12.1 Å². The maximum Gasteiger partial charge on any atom is 0.342 e. The van der Waals surface area contributed by atoms with Crippen molar-refractivity contribution in [2.45, 2.75) is 37.8 Å². The van der Waals surface area contributed by atoms with Crippen molar-refractivity contribution in [2.24, 2.45) is 0 Å². The summed E-state index contributed by atoms with van der Waals surface area (Å²) in [7, 11) is 4.00. The number of rotatable bonds is 3. The highest BCUT2D eigenvalue weighted by Crippen LogP contribution is 2.27. The number of phenols is 1. The Morgan fingerprint density at radius 2 is 2.05 bits per heavy atom. The summed E-state index contributed by atoms with van der Waals surface area (Å²) in [6, 6.07) is 4.69. The lowest BCUT2D eigenvalue weighted by Gasteiger charge is -2.35. The number of esters is 1. The van der Waals surface area contributed by atoms with Gasteiger partial charge in [0.25, 0.3) is 0 Å². The van der Waals surface area contributed by atoms with Gasteiger partial charge in [-0.1, -0.05) is 6.42 Å². The molecule has 110 valence electrons. The number of hydrogen-bond acceptors (Lipinski definition) is 5. The van der Waals surface area contributed by atoms with E-state index in [9.17, 15) is 9.90 Å². The second-order valence-corrected chi connectivity index (χ2v) is 5.54. The third-order valence-corrected chi connectivity index (χ3v) is 3.83. The third kappa shape index (κ3) is 3.22. The number of ether oxygens (including phenoxy) is 1. The van der Waals surface area contributed by atoms with Gasteiger partial charge in [-0.2, -0.15) is 0 Å². The summed E-state index contributed by atoms with van der Waals surface area (Å²) < 4.78 is 5.59. The van der Waals surface area contributed by atoms with Gasteiger partial charge in [-0.25, -0.2) is 4.79 Å². The zero-order chi connectivity index (χ0) is 14.7. The number of likely N-dealkylation sites (N-methyl/N-ethyl adjacent to an activating group) is 1. The molecule has 1 aliphatic carbocycles. The topological polar surface area (TPSA) is 75.8 Å². The number of carbonyl (C=O) groups excluding carboxylic acids is 1. The monoisotopic (exact) mass is 278 g/mol. The Morgan fingerprint density at radius 1 is 1.35 bits per heavy atom. The second kappa shape index (κ2) is 6.13. The number of aromatic hydroxyl groups is 1. The Hall–Kier alpha value is -1.75. The molecule has 3 N–H and O–H groups in total. The molecular formula is C15H22N2O3. The fraction of sp³-hybridized carbons (Fsp3) is 0.533. The van der Waals surface area contributed by atoms with Crippen molar-refractivity contribution in [3.8, 4) is 5.75 Å². The molecule has 5 nitrogen and oxygen atoms in total. The lowest BCUT2D eigenvalue weighted by molar-refractivity contribution is -0.00738. The van der Waals surface area contributed by atoms with Crippen molar-refractivity contribution in [3.63, 3.8) is 0 Å². The predicted molar refractivity (Wildman–Crippen MR) is 77.7 cm³/mol. The van der Waals surface area contributed by atoms with Crippen molar-refractivity contribution in [1.29, 1.82) is 0 Å². The zero-order valence-corrected chi connectivity index (χ0v) is 12.0. The summed E-state index contributed by atoms with van der Waals surface area (Å²) in [5.74, 6) is -0.617. The second-order valence-electron chi connectivity index (χ2n) is 5.54. The first kappa shape index (κ1) is 14.7. The number of hydrogen-bond donors (Lipinski definition) is 2. The largest absolute Gasteiger partial charge is 0.507 e. The van der Waals surface area contributed by atoms with Gasteiger partial charge < -0.3 is 20.5 Å². The molecule has 20 heavy (non-hydrogen) atoms. The number of phenolic OH excluding ortho intramolecular Hbond substituents is 1. The van der Waals surface area contributed by atoms with Crippen LogP contribution in [0.2, 0.25) is 0 Å². The van der Waals surface area contributed by atoms with Crippen LogP contribution in [0.25, 0.3) is 0 Å². The summed E-state index contributed by atoms with van der Waals surface area (Å²) in [4.78, 5) is 14.3. The molecule has 0 heterocycles. The van der Waals surface area contributed by atoms with Gasteiger partial charge in [0.05, 0.1) is 0 Å². The molecule has 0 aliphatic heterocycles. The van der Waals surface area contributed by atoms with E-state index in [2.05, 4.69) is 4.90 Å². The summed E-state index contributed by atoms with van der Waals surface area (Å²) in [6.07, 6.45) is 3.99. The Balaban J connectivity index is 2.09. The lowest BCUT2D eigenvalue weighted by atomic mass is 9.91. The highest BCUT2D eigenvalue weighted by molar-refractivity contribution is 5.93. The Labute approximate surface area is 119 Å². The standard InChI is InChI=1S/C15H22N2O3/c1-17(2)12-5-3-4-6-14(12)20-15(19)11-8-7-10(16)9-13(11)18/h7-9,12,14,18H,3-6,16H2,1-2H3/t12-,14+/m0/s1. The molecule has 1 aromatic carbocycles. The van der Waals surface area contributed by atoms with Gasteiger partial charge in [-0.3, -0.25) is 0 Å². The Morgan fingerprint density at radius 3 is 2.70 bits per heavy atom. The minimum absolute atomic E-state index is 0.122. The van der Waals surface area contributed by atoms with Crippen LogP contribution in [0.1, 0.15) is 36.0 Å². The van der Waals surface area contributed by atoms with E-state index in [4.69, 9.17) is 10.5 Å². The van der Waals surface area contributed by atoms with Crippen LogP contribution in [0, 0.1) is 0 Å². The summed E-state index contributed by atoms with van der Waals surface area (Å²) in [5, 5.41) is 9.78. The molecule has 0 bridgehead atoms. The van der Waals surface area contributed by atoms with Crippen LogP contribution in [0.4, 0.5) is 5.69 Å². The third-order valence-electron chi connectivity index (χ3n) is 3.83. The van der Waals surface area contributed by atoms with Crippen molar-refractivity contribution < 1.29 is 14.6 Å². The number of carbonyl (C=O) groups is 1. The SMILES string of the molecule is CN(C)[C@H]1CCCC[C@H]1OC(=O)c1ccc(N)cc1O. The maximum absolute atomic E-state index is 12.2. The maximum atomic E-state index is 12.2. The van der Waals surface area contributed by atoms with E-state index in [0.717, 1.165) is 25.7 Å². The van der Waals surface area contributed by atoms with E-state index >= 15 is 0 Å². The van der Waals surface area contributed by atoms with Crippen LogP contribution in [0.5, 0.6) is 5.75 Å². The Bertz CT molecular complexity index is 488. The van der Waals surface area contributed by atoms with E-state index < -0.39 is 5.97 Å². The van der Waals surface area contributed by atoms with Crippen LogP contribution < -0.4 is 5.73 Å². The smallest absolute Gasteiger partial charge is 0.342 e. The highest BCUT2D eigenvalue weighted by Gasteiger charge is 2.30. The van der Waals surface area contributed by atoms with Crippen molar-refractivity contribution >= 4 is 11.7 Å². The van der Waals surface area contributed by atoms with Gasteiger partial charge >= 0.3 is 5.97 Å². The number of nitrogens with zero attached hydrogens (tertiary/aromatic N) is 1. The zero-order valence-electron chi connectivity index (χ0n) is 12.0. The number of nitrogens with two attached hydrogens (primary N) is 1. The molecule has 0 radical (unpaired) electrons. The van der Waals surface area contributed by atoms with Crippen molar-refractivity contribution in [3.05, 3.63) is 23.8 Å². The molecule has 1 fully saturated rings. The van der Waals surface area contributed by atoms with Crippen LogP contribution >= 0.6 is 0 Å². The van der Waals surface area contributed by atoms with Crippen LogP contribution in [0.15, 0.2) is 18.2 Å². The van der Waals surface area contributed by atoms with Gasteiger partial charge in [0.2, 0.25) is 0 Å². The molecule has 0 spiro atoms. The minimum Gasteiger partial charge on any atom is -0.507 e. The molecule has 0 unspecified atom stereocenters. The first-order chi connectivity index (χ1) is 9.49. The van der Waals surface area contributed by atoms with Crippen molar-refractivity contribution in [2.75, 3.05) is 19.8 Å². The molecular weight excluding hydrogens is 256 g/mol. The number of nitrogen functional groups attached to an aromatic ring is 1. The van der Waals surface area contributed by atoms with E-state index in [1.54, 1.807) is 6.07 Å². The molecule has 2 rings (SSSR count). The summed E-state index contributed by atoms with van der Waals surface area (Å²) in [6.45, 7) is 0. The molecule has 0 aromatic heterocycles. The van der Waals surface area contributed by atoms with Gasteiger partial charge in [0, 0.05) is 17.8 Å².